The highest BCUT2D eigenvalue weighted by atomic mass is 35.5. The Morgan fingerprint density at radius 2 is 2.44 bits per heavy atom. The van der Waals surface area contributed by atoms with E-state index in [2.05, 4.69) is 10.3 Å². The van der Waals surface area contributed by atoms with Crippen molar-refractivity contribution in [2.24, 2.45) is 5.73 Å². The Bertz CT molecular complexity index is 453. The van der Waals surface area contributed by atoms with Gasteiger partial charge in [0.15, 0.2) is 5.15 Å². The molecule has 6 heteroatoms. The van der Waals surface area contributed by atoms with E-state index in [1.807, 2.05) is 6.92 Å². The summed E-state index contributed by atoms with van der Waals surface area (Å²) in [7, 11) is 0. The molecule has 2 heterocycles. The molecule has 98 valence electrons. The first-order chi connectivity index (χ1) is 8.60. The van der Waals surface area contributed by atoms with Crippen LogP contribution in [0, 0.1) is 6.92 Å². The van der Waals surface area contributed by atoms with Crippen LogP contribution < -0.4 is 11.1 Å². The van der Waals surface area contributed by atoms with Gasteiger partial charge in [-0.2, -0.15) is 0 Å². The molecule has 0 spiro atoms. The van der Waals surface area contributed by atoms with Gasteiger partial charge in [0, 0.05) is 12.7 Å². The molecule has 0 saturated carbocycles. The Kier molecular flexibility index (Phi) is 4.16. The van der Waals surface area contributed by atoms with Gasteiger partial charge >= 0.3 is 0 Å². The smallest absolute Gasteiger partial charge is 0.253 e. The monoisotopic (exact) mass is 269 g/mol. The summed E-state index contributed by atoms with van der Waals surface area (Å²) < 4.78 is 5.51. The molecule has 0 aliphatic carbocycles. The standard InChI is InChI=1S/C12H16ClN3O2/c1-7-4-9(11(13)15-6-7)16-12(17)10-3-2-8(5-14)18-10/h4,6,8,10H,2-3,5,14H2,1H3,(H,16,17). The average molecular weight is 270 g/mol. The van der Waals surface area contributed by atoms with Gasteiger partial charge in [0.2, 0.25) is 0 Å². The second-order valence-corrected chi connectivity index (χ2v) is 4.76. The van der Waals surface area contributed by atoms with Gasteiger partial charge < -0.3 is 15.8 Å². The molecule has 1 saturated heterocycles. The minimum Gasteiger partial charge on any atom is -0.364 e. The number of hydrogen-bond donors (Lipinski definition) is 2. The highest BCUT2D eigenvalue weighted by Crippen LogP contribution is 2.23. The first-order valence-electron chi connectivity index (χ1n) is 5.88. The Morgan fingerprint density at radius 1 is 1.67 bits per heavy atom. The Balaban J connectivity index is 2.01. The van der Waals surface area contributed by atoms with E-state index in [1.54, 1.807) is 12.3 Å². The van der Waals surface area contributed by atoms with Crippen LogP contribution in [0.15, 0.2) is 12.3 Å². The number of carbonyl (C=O) groups is 1. The number of aromatic nitrogens is 1. The fourth-order valence-corrected chi connectivity index (χ4v) is 2.08. The number of hydrogen-bond acceptors (Lipinski definition) is 4. The maximum atomic E-state index is 12.0. The van der Waals surface area contributed by atoms with Crippen LogP contribution >= 0.6 is 11.6 Å². The summed E-state index contributed by atoms with van der Waals surface area (Å²) in [5.74, 6) is -0.194. The third kappa shape index (κ3) is 2.98. The van der Waals surface area contributed by atoms with Crippen molar-refractivity contribution in [3.63, 3.8) is 0 Å². The van der Waals surface area contributed by atoms with Crippen LogP contribution in [0.25, 0.3) is 0 Å². The Morgan fingerprint density at radius 3 is 3.11 bits per heavy atom. The summed E-state index contributed by atoms with van der Waals surface area (Å²) >= 11 is 5.92. The molecule has 2 unspecified atom stereocenters. The van der Waals surface area contributed by atoms with E-state index in [9.17, 15) is 4.79 Å². The van der Waals surface area contributed by atoms with Gasteiger partial charge in [-0.1, -0.05) is 11.6 Å². The van der Waals surface area contributed by atoms with Crippen molar-refractivity contribution in [3.05, 3.63) is 23.0 Å². The second kappa shape index (κ2) is 5.65. The molecule has 5 nitrogen and oxygen atoms in total. The molecular formula is C12H16ClN3O2. The number of carbonyl (C=O) groups excluding carboxylic acids is 1. The molecule has 1 aliphatic heterocycles. The van der Waals surface area contributed by atoms with Crippen LogP contribution in [0.1, 0.15) is 18.4 Å². The minimum absolute atomic E-state index is 0.0214. The van der Waals surface area contributed by atoms with E-state index in [4.69, 9.17) is 22.1 Å². The largest absolute Gasteiger partial charge is 0.364 e. The quantitative estimate of drug-likeness (QED) is 0.815. The maximum absolute atomic E-state index is 12.0. The molecule has 1 fully saturated rings. The van der Waals surface area contributed by atoms with E-state index >= 15 is 0 Å². The number of nitrogens with zero attached hydrogens (tertiary/aromatic N) is 1. The molecule has 1 aliphatic rings. The molecule has 0 radical (unpaired) electrons. The van der Waals surface area contributed by atoms with Gasteiger partial charge in [0.25, 0.3) is 5.91 Å². The second-order valence-electron chi connectivity index (χ2n) is 4.40. The molecule has 1 aromatic rings. The summed E-state index contributed by atoms with van der Waals surface area (Å²) in [5.41, 5.74) is 6.95. The van der Waals surface area contributed by atoms with Crippen molar-refractivity contribution in [2.45, 2.75) is 32.0 Å². The fraction of sp³-hybridized carbons (Fsp3) is 0.500. The van der Waals surface area contributed by atoms with Crippen LogP contribution in [0.2, 0.25) is 5.15 Å². The lowest BCUT2D eigenvalue weighted by molar-refractivity contribution is -0.126. The summed E-state index contributed by atoms with van der Waals surface area (Å²) in [6, 6.07) is 1.78. The lowest BCUT2D eigenvalue weighted by Gasteiger charge is -2.13. The average Bonchev–Trinajstić information content (AvgIpc) is 2.82. The molecule has 2 rings (SSSR count). The fourth-order valence-electron chi connectivity index (χ4n) is 1.93. The number of nitrogens with two attached hydrogens (primary N) is 1. The number of pyridine rings is 1. The van der Waals surface area contributed by atoms with Crippen LogP contribution in [-0.4, -0.2) is 29.6 Å². The SMILES string of the molecule is Cc1cnc(Cl)c(NC(=O)C2CCC(CN)O2)c1. The number of nitrogens with one attached hydrogen (secondary N) is 1. The minimum atomic E-state index is -0.449. The molecule has 1 amide bonds. The third-order valence-corrected chi connectivity index (χ3v) is 3.20. The van der Waals surface area contributed by atoms with Crippen LogP contribution in [0.4, 0.5) is 5.69 Å². The summed E-state index contributed by atoms with van der Waals surface area (Å²) in [5, 5.41) is 3.02. The number of ether oxygens (including phenoxy) is 1. The molecule has 0 aromatic carbocycles. The Hall–Kier alpha value is -1.17. The van der Waals surface area contributed by atoms with Gasteiger partial charge in [0.05, 0.1) is 11.8 Å². The molecule has 1 aromatic heterocycles. The van der Waals surface area contributed by atoms with E-state index < -0.39 is 6.10 Å². The number of aryl methyl sites for hydroxylation is 1. The van der Waals surface area contributed by atoms with E-state index in [1.165, 1.54) is 0 Å². The maximum Gasteiger partial charge on any atom is 0.253 e. The van der Waals surface area contributed by atoms with E-state index in [-0.39, 0.29) is 17.2 Å². The van der Waals surface area contributed by atoms with Crippen molar-refractivity contribution in [1.82, 2.24) is 4.98 Å². The van der Waals surface area contributed by atoms with Crippen LogP contribution in [-0.2, 0) is 9.53 Å². The zero-order valence-electron chi connectivity index (χ0n) is 10.1. The zero-order chi connectivity index (χ0) is 13.1. The summed E-state index contributed by atoms with van der Waals surface area (Å²) in [6.07, 6.45) is 2.68. The predicted octanol–water partition coefficient (Wildman–Crippen LogP) is 1.49. The summed E-state index contributed by atoms with van der Waals surface area (Å²) in [4.78, 5) is 16.0. The third-order valence-electron chi connectivity index (χ3n) is 2.90. The zero-order valence-corrected chi connectivity index (χ0v) is 10.9. The van der Waals surface area contributed by atoms with Gasteiger partial charge in [-0.25, -0.2) is 4.98 Å². The summed E-state index contributed by atoms with van der Waals surface area (Å²) in [6.45, 7) is 2.33. The van der Waals surface area contributed by atoms with Crippen molar-refractivity contribution in [3.8, 4) is 0 Å². The number of halogens is 1. The molecule has 18 heavy (non-hydrogen) atoms. The number of amides is 1. The van der Waals surface area contributed by atoms with Gasteiger partial charge in [-0.3, -0.25) is 4.79 Å². The van der Waals surface area contributed by atoms with Crippen molar-refractivity contribution < 1.29 is 9.53 Å². The Labute approximate surface area is 111 Å². The normalized spacial score (nSPS) is 23.1. The van der Waals surface area contributed by atoms with Gasteiger partial charge in [-0.15, -0.1) is 0 Å². The van der Waals surface area contributed by atoms with E-state index in [0.717, 1.165) is 12.0 Å². The van der Waals surface area contributed by atoms with Crippen molar-refractivity contribution in [1.29, 1.82) is 0 Å². The first-order valence-corrected chi connectivity index (χ1v) is 6.26. The van der Waals surface area contributed by atoms with Crippen molar-refractivity contribution >= 4 is 23.2 Å². The molecule has 3 N–H and O–H groups in total. The highest BCUT2D eigenvalue weighted by molar-refractivity contribution is 6.32. The topological polar surface area (TPSA) is 77.2 Å². The molecule has 0 bridgehead atoms. The van der Waals surface area contributed by atoms with Crippen LogP contribution in [0.3, 0.4) is 0 Å². The molecular weight excluding hydrogens is 254 g/mol. The first kappa shape index (κ1) is 13.3. The van der Waals surface area contributed by atoms with Crippen molar-refractivity contribution in [2.75, 3.05) is 11.9 Å². The van der Waals surface area contributed by atoms with Gasteiger partial charge in [-0.05, 0) is 31.4 Å². The molecule has 2 atom stereocenters. The van der Waals surface area contributed by atoms with Crippen LogP contribution in [0.5, 0.6) is 0 Å². The van der Waals surface area contributed by atoms with Gasteiger partial charge in [0.1, 0.15) is 6.10 Å². The predicted molar refractivity (Wildman–Crippen MR) is 69.6 cm³/mol. The number of anilines is 1. The lowest BCUT2D eigenvalue weighted by atomic mass is 10.2. The van der Waals surface area contributed by atoms with E-state index in [0.29, 0.717) is 18.7 Å². The lowest BCUT2D eigenvalue weighted by Crippen LogP contribution is -2.30. The highest BCUT2D eigenvalue weighted by Gasteiger charge is 2.30. The number of rotatable bonds is 3.